The van der Waals surface area contributed by atoms with Gasteiger partial charge in [-0.3, -0.25) is 0 Å². The van der Waals surface area contributed by atoms with Gasteiger partial charge in [0, 0.05) is 6.04 Å². The monoisotopic (exact) mass is 247 g/mol. The van der Waals surface area contributed by atoms with Crippen molar-refractivity contribution in [2.45, 2.75) is 39.2 Å². The van der Waals surface area contributed by atoms with Crippen LogP contribution in [-0.2, 0) is 0 Å². The summed E-state index contributed by atoms with van der Waals surface area (Å²) in [7, 11) is 0. The van der Waals surface area contributed by atoms with E-state index >= 15 is 0 Å². The minimum Gasteiger partial charge on any atom is -0.369 e. The average molecular weight is 247 g/mol. The van der Waals surface area contributed by atoms with E-state index in [0.717, 1.165) is 17.5 Å². The Kier molecular flexibility index (Phi) is 2.37. The molecule has 4 heteroatoms. The first kappa shape index (κ1) is 11.5. The fourth-order valence-electron chi connectivity index (χ4n) is 3.20. The van der Waals surface area contributed by atoms with Gasteiger partial charge in [0.2, 0.25) is 5.95 Å². The number of imidazole rings is 1. The van der Waals surface area contributed by atoms with Crippen molar-refractivity contribution < 1.29 is 4.39 Å². The first-order valence-corrected chi connectivity index (χ1v) is 6.42. The van der Waals surface area contributed by atoms with Crippen molar-refractivity contribution in [1.82, 2.24) is 9.55 Å². The minimum absolute atomic E-state index is 0.189. The molecule has 2 aromatic rings. The van der Waals surface area contributed by atoms with Crippen molar-refractivity contribution in [2.75, 3.05) is 5.73 Å². The van der Waals surface area contributed by atoms with Crippen LogP contribution in [0.4, 0.5) is 10.3 Å². The molecular weight excluding hydrogens is 229 g/mol. The van der Waals surface area contributed by atoms with Crippen molar-refractivity contribution in [3.8, 4) is 0 Å². The molecule has 1 aliphatic rings. The molecule has 1 aromatic carbocycles. The fourth-order valence-corrected chi connectivity index (χ4v) is 3.20. The summed E-state index contributed by atoms with van der Waals surface area (Å²) in [5.74, 6) is 0.259. The van der Waals surface area contributed by atoms with Crippen LogP contribution < -0.4 is 5.73 Å². The Bertz CT molecular complexity index is 600. The second-order valence-electron chi connectivity index (χ2n) is 5.87. The molecule has 1 heterocycles. The zero-order chi connectivity index (χ0) is 12.9. The predicted molar refractivity (Wildman–Crippen MR) is 70.8 cm³/mol. The van der Waals surface area contributed by atoms with Gasteiger partial charge >= 0.3 is 0 Å². The molecule has 3 rings (SSSR count). The number of hydrogen-bond donors (Lipinski definition) is 1. The standard InChI is InChI=1S/C14H18FN3/c1-14(2)7-3-4-12(14)18-11-8-9(15)5-6-10(11)17-13(18)16/h5-6,8,12H,3-4,7H2,1-2H3,(H2,16,17). The molecule has 1 saturated carbocycles. The summed E-state index contributed by atoms with van der Waals surface area (Å²) in [6.07, 6.45) is 3.44. The van der Waals surface area contributed by atoms with Crippen molar-refractivity contribution in [3.63, 3.8) is 0 Å². The lowest BCUT2D eigenvalue weighted by Gasteiger charge is -2.29. The number of benzene rings is 1. The van der Waals surface area contributed by atoms with E-state index < -0.39 is 0 Å². The van der Waals surface area contributed by atoms with Crippen LogP contribution in [0.15, 0.2) is 18.2 Å². The lowest BCUT2D eigenvalue weighted by Crippen LogP contribution is -2.22. The Morgan fingerprint density at radius 1 is 1.44 bits per heavy atom. The molecule has 2 N–H and O–H groups in total. The molecule has 1 atom stereocenters. The molecule has 0 spiro atoms. The van der Waals surface area contributed by atoms with Gasteiger partial charge in [0.1, 0.15) is 5.82 Å². The maximum Gasteiger partial charge on any atom is 0.201 e. The minimum atomic E-state index is -0.237. The van der Waals surface area contributed by atoms with E-state index in [2.05, 4.69) is 18.8 Å². The second kappa shape index (κ2) is 3.70. The number of aromatic nitrogens is 2. The molecule has 3 nitrogen and oxygen atoms in total. The highest BCUT2D eigenvalue weighted by molar-refractivity contribution is 5.78. The Morgan fingerprint density at radius 2 is 2.22 bits per heavy atom. The van der Waals surface area contributed by atoms with Crippen LogP contribution in [0.1, 0.15) is 39.2 Å². The Morgan fingerprint density at radius 3 is 2.89 bits per heavy atom. The summed E-state index contributed by atoms with van der Waals surface area (Å²) in [6, 6.07) is 4.97. The Hall–Kier alpha value is -1.58. The summed E-state index contributed by atoms with van der Waals surface area (Å²) in [5.41, 5.74) is 7.81. The van der Waals surface area contributed by atoms with E-state index in [4.69, 9.17) is 5.73 Å². The van der Waals surface area contributed by atoms with Crippen molar-refractivity contribution in [1.29, 1.82) is 0 Å². The van der Waals surface area contributed by atoms with Gasteiger partial charge in [-0.1, -0.05) is 20.3 Å². The van der Waals surface area contributed by atoms with Gasteiger partial charge in [-0.15, -0.1) is 0 Å². The number of nitrogen functional groups attached to an aromatic ring is 1. The lowest BCUT2D eigenvalue weighted by molar-refractivity contribution is 0.268. The van der Waals surface area contributed by atoms with E-state index in [1.807, 2.05) is 4.57 Å². The molecule has 0 saturated heterocycles. The van der Waals surface area contributed by atoms with E-state index in [-0.39, 0.29) is 11.2 Å². The summed E-state index contributed by atoms with van der Waals surface area (Å²) >= 11 is 0. The van der Waals surface area contributed by atoms with Crippen molar-refractivity contribution in [3.05, 3.63) is 24.0 Å². The highest BCUT2D eigenvalue weighted by atomic mass is 19.1. The lowest BCUT2D eigenvalue weighted by atomic mass is 9.87. The molecule has 1 aromatic heterocycles. The summed E-state index contributed by atoms with van der Waals surface area (Å²) < 4.78 is 15.4. The Labute approximate surface area is 106 Å². The first-order valence-electron chi connectivity index (χ1n) is 6.42. The molecule has 0 bridgehead atoms. The maximum absolute atomic E-state index is 13.4. The van der Waals surface area contributed by atoms with E-state index in [0.29, 0.717) is 12.0 Å². The van der Waals surface area contributed by atoms with Crippen LogP contribution in [0.25, 0.3) is 11.0 Å². The zero-order valence-electron chi connectivity index (χ0n) is 10.8. The molecule has 1 fully saturated rings. The van der Waals surface area contributed by atoms with E-state index in [1.54, 1.807) is 6.07 Å². The van der Waals surface area contributed by atoms with Crippen LogP contribution in [0.3, 0.4) is 0 Å². The number of nitrogens with zero attached hydrogens (tertiary/aromatic N) is 2. The smallest absolute Gasteiger partial charge is 0.201 e. The normalized spacial score (nSPS) is 22.7. The van der Waals surface area contributed by atoms with Crippen LogP contribution >= 0.6 is 0 Å². The zero-order valence-corrected chi connectivity index (χ0v) is 10.8. The number of nitrogens with two attached hydrogens (primary N) is 1. The molecule has 0 radical (unpaired) electrons. The molecular formula is C14H18FN3. The molecule has 1 unspecified atom stereocenters. The highest BCUT2D eigenvalue weighted by Gasteiger charge is 2.37. The largest absolute Gasteiger partial charge is 0.369 e. The number of hydrogen-bond acceptors (Lipinski definition) is 2. The third-order valence-corrected chi connectivity index (χ3v) is 4.19. The van der Waals surface area contributed by atoms with Crippen LogP contribution in [0, 0.1) is 11.2 Å². The molecule has 0 aliphatic heterocycles. The van der Waals surface area contributed by atoms with Crippen LogP contribution in [0.2, 0.25) is 0 Å². The van der Waals surface area contributed by atoms with E-state index in [9.17, 15) is 4.39 Å². The van der Waals surface area contributed by atoms with Gasteiger partial charge < -0.3 is 10.3 Å². The first-order chi connectivity index (χ1) is 8.49. The maximum atomic E-state index is 13.4. The fraction of sp³-hybridized carbons (Fsp3) is 0.500. The highest BCUT2D eigenvalue weighted by Crippen LogP contribution is 2.47. The molecule has 0 amide bonds. The quantitative estimate of drug-likeness (QED) is 0.838. The number of fused-ring (bicyclic) bond motifs is 1. The number of halogens is 1. The molecule has 96 valence electrons. The number of rotatable bonds is 1. The van der Waals surface area contributed by atoms with Crippen molar-refractivity contribution in [2.24, 2.45) is 5.41 Å². The Balaban J connectivity index is 2.22. The van der Waals surface area contributed by atoms with Gasteiger partial charge in [-0.25, -0.2) is 9.37 Å². The van der Waals surface area contributed by atoms with E-state index in [1.165, 1.54) is 25.0 Å². The number of anilines is 1. The summed E-state index contributed by atoms with van der Waals surface area (Å²) in [5, 5.41) is 0. The van der Waals surface area contributed by atoms with Gasteiger partial charge in [0.15, 0.2) is 0 Å². The summed E-state index contributed by atoms with van der Waals surface area (Å²) in [4.78, 5) is 4.34. The predicted octanol–water partition coefficient (Wildman–Crippen LogP) is 3.51. The van der Waals surface area contributed by atoms with Gasteiger partial charge in [-0.2, -0.15) is 0 Å². The van der Waals surface area contributed by atoms with Crippen LogP contribution in [-0.4, -0.2) is 9.55 Å². The average Bonchev–Trinajstić information content (AvgIpc) is 2.77. The van der Waals surface area contributed by atoms with Gasteiger partial charge in [-0.05, 0) is 36.5 Å². The topological polar surface area (TPSA) is 43.8 Å². The van der Waals surface area contributed by atoms with Crippen LogP contribution in [0.5, 0.6) is 0 Å². The summed E-state index contributed by atoms with van der Waals surface area (Å²) in [6.45, 7) is 4.49. The second-order valence-corrected chi connectivity index (χ2v) is 5.87. The third kappa shape index (κ3) is 1.59. The SMILES string of the molecule is CC1(C)CCCC1n1c(N)nc2ccc(F)cc21. The van der Waals surface area contributed by atoms with Crippen molar-refractivity contribution >= 4 is 17.0 Å². The molecule has 1 aliphatic carbocycles. The molecule has 18 heavy (non-hydrogen) atoms. The van der Waals surface area contributed by atoms with Gasteiger partial charge in [0.05, 0.1) is 11.0 Å². The van der Waals surface area contributed by atoms with Gasteiger partial charge in [0.25, 0.3) is 0 Å². The third-order valence-electron chi connectivity index (χ3n) is 4.19.